The molecule has 1 fully saturated rings. The Morgan fingerprint density at radius 3 is 2.59 bits per heavy atom. The lowest BCUT2D eigenvalue weighted by Crippen LogP contribution is -2.17. The summed E-state index contributed by atoms with van der Waals surface area (Å²) in [6.45, 7) is 7.90. The third-order valence-electron chi connectivity index (χ3n) is 5.33. The molecule has 0 radical (unpaired) electrons. The third kappa shape index (κ3) is 4.27. The van der Waals surface area contributed by atoms with E-state index >= 15 is 0 Å². The SMILES string of the molecule is Cc1ncc(-c2cnc(C(C)(C)O)cc2C)c(OCC2C[C@@H]2c2ccccn2)n1. The zero-order valence-electron chi connectivity index (χ0n) is 17.3. The first-order valence-corrected chi connectivity index (χ1v) is 9.90. The molecule has 2 atom stereocenters. The van der Waals surface area contributed by atoms with E-state index in [0.29, 0.717) is 35.8 Å². The zero-order chi connectivity index (χ0) is 20.6. The maximum Gasteiger partial charge on any atom is 0.224 e. The number of aryl methyl sites for hydroxylation is 2. The van der Waals surface area contributed by atoms with Gasteiger partial charge in [0.15, 0.2) is 0 Å². The van der Waals surface area contributed by atoms with Gasteiger partial charge in [0.1, 0.15) is 11.4 Å². The fourth-order valence-electron chi connectivity index (χ4n) is 3.49. The van der Waals surface area contributed by atoms with E-state index in [0.717, 1.165) is 28.8 Å². The molecule has 3 aromatic heterocycles. The Morgan fingerprint density at radius 2 is 1.90 bits per heavy atom. The molecule has 0 amide bonds. The first-order chi connectivity index (χ1) is 13.8. The van der Waals surface area contributed by atoms with E-state index < -0.39 is 5.60 Å². The number of aliphatic hydroxyl groups is 1. The minimum absolute atomic E-state index is 0.449. The molecule has 0 aromatic carbocycles. The van der Waals surface area contributed by atoms with Gasteiger partial charge < -0.3 is 9.84 Å². The average molecular weight is 390 g/mol. The summed E-state index contributed by atoms with van der Waals surface area (Å²) >= 11 is 0. The van der Waals surface area contributed by atoms with Crippen LogP contribution < -0.4 is 4.74 Å². The molecule has 29 heavy (non-hydrogen) atoms. The Hall–Kier alpha value is -2.86. The van der Waals surface area contributed by atoms with Crippen LogP contribution in [0.1, 0.15) is 49.0 Å². The lowest BCUT2D eigenvalue weighted by Gasteiger charge is -2.18. The second kappa shape index (κ2) is 7.52. The second-order valence-electron chi connectivity index (χ2n) is 8.25. The van der Waals surface area contributed by atoms with Crippen molar-refractivity contribution >= 4 is 0 Å². The minimum atomic E-state index is -0.987. The van der Waals surface area contributed by atoms with Gasteiger partial charge in [0, 0.05) is 41.7 Å². The molecular weight excluding hydrogens is 364 g/mol. The van der Waals surface area contributed by atoms with E-state index in [4.69, 9.17) is 4.74 Å². The summed E-state index contributed by atoms with van der Waals surface area (Å²) in [6.07, 6.45) is 6.47. The van der Waals surface area contributed by atoms with Gasteiger partial charge in [-0.1, -0.05) is 6.07 Å². The lowest BCUT2D eigenvalue weighted by atomic mass is 9.99. The van der Waals surface area contributed by atoms with Crippen LogP contribution in [0, 0.1) is 19.8 Å². The molecule has 6 heteroatoms. The predicted octanol–water partition coefficient (Wildman–Crippen LogP) is 3.96. The first kappa shape index (κ1) is 19.5. The molecule has 1 saturated carbocycles. The van der Waals surface area contributed by atoms with Gasteiger partial charge in [0.25, 0.3) is 0 Å². The minimum Gasteiger partial charge on any atom is -0.477 e. The van der Waals surface area contributed by atoms with Crippen molar-refractivity contribution in [2.45, 2.75) is 45.6 Å². The number of pyridine rings is 2. The first-order valence-electron chi connectivity index (χ1n) is 9.90. The fraction of sp³-hybridized carbons (Fsp3) is 0.391. The number of rotatable bonds is 6. The molecule has 6 nitrogen and oxygen atoms in total. The highest BCUT2D eigenvalue weighted by Gasteiger charge is 2.40. The normalized spacial score (nSPS) is 18.5. The highest BCUT2D eigenvalue weighted by molar-refractivity contribution is 5.70. The highest BCUT2D eigenvalue weighted by Crippen LogP contribution is 2.47. The summed E-state index contributed by atoms with van der Waals surface area (Å²) < 4.78 is 6.14. The monoisotopic (exact) mass is 390 g/mol. The molecule has 1 unspecified atom stereocenters. The van der Waals surface area contributed by atoms with Gasteiger partial charge in [-0.25, -0.2) is 4.98 Å². The van der Waals surface area contributed by atoms with Crippen LogP contribution in [0.3, 0.4) is 0 Å². The molecule has 0 saturated heterocycles. The van der Waals surface area contributed by atoms with Gasteiger partial charge in [-0.05, 0) is 57.9 Å². The Labute approximate surface area is 171 Å². The maximum atomic E-state index is 10.2. The number of ether oxygens (including phenoxy) is 1. The molecular formula is C23H26N4O2. The average Bonchev–Trinajstić information content (AvgIpc) is 3.46. The summed E-state index contributed by atoms with van der Waals surface area (Å²) in [5.41, 5.74) is 3.49. The second-order valence-corrected chi connectivity index (χ2v) is 8.25. The fourth-order valence-corrected chi connectivity index (χ4v) is 3.49. The van der Waals surface area contributed by atoms with Crippen molar-refractivity contribution in [2.24, 2.45) is 5.92 Å². The molecule has 3 aromatic rings. The highest BCUT2D eigenvalue weighted by atomic mass is 16.5. The quantitative estimate of drug-likeness (QED) is 0.686. The van der Waals surface area contributed by atoms with Crippen molar-refractivity contribution in [3.8, 4) is 17.0 Å². The zero-order valence-corrected chi connectivity index (χ0v) is 17.3. The largest absolute Gasteiger partial charge is 0.477 e. The van der Waals surface area contributed by atoms with Crippen molar-refractivity contribution in [1.82, 2.24) is 19.9 Å². The van der Waals surface area contributed by atoms with Crippen LogP contribution in [0.5, 0.6) is 5.88 Å². The standard InChI is InChI=1S/C23H26N4O2/c1-14-9-21(23(3,4)28)26-11-18(14)19-12-25-15(2)27-22(19)29-13-16-10-17(16)20-7-5-6-8-24-20/h5-9,11-12,16-17,28H,10,13H2,1-4H3/t16?,17-/m0/s1. The Kier molecular flexibility index (Phi) is 5.04. The van der Waals surface area contributed by atoms with E-state index in [1.165, 1.54) is 0 Å². The summed E-state index contributed by atoms with van der Waals surface area (Å²) in [6, 6.07) is 7.94. The molecule has 0 aliphatic heterocycles. The van der Waals surface area contributed by atoms with E-state index in [9.17, 15) is 5.11 Å². The molecule has 150 valence electrons. The molecule has 0 bridgehead atoms. The van der Waals surface area contributed by atoms with Crippen LogP contribution in [-0.2, 0) is 5.60 Å². The number of nitrogens with zero attached hydrogens (tertiary/aromatic N) is 4. The molecule has 0 spiro atoms. The maximum absolute atomic E-state index is 10.2. The molecule has 1 aliphatic rings. The van der Waals surface area contributed by atoms with Gasteiger partial charge in [0.05, 0.1) is 17.9 Å². The Bertz CT molecular complexity index is 1020. The smallest absolute Gasteiger partial charge is 0.224 e. The predicted molar refractivity (Wildman–Crippen MR) is 111 cm³/mol. The van der Waals surface area contributed by atoms with Crippen LogP contribution in [0.15, 0.2) is 42.9 Å². The Balaban J connectivity index is 1.54. The summed E-state index contributed by atoms with van der Waals surface area (Å²) in [5.74, 6) is 2.14. The Morgan fingerprint density at radius 1 is 1.10 bits per heavy atom. The van der Waals surface area contributed by atoms with Gasteiger partial charge in [0.2, 0.25) is 5.88 Å². The van der Waals surface area contributed by atoms with Crippen LogP contribution in [0.4, 0.5) is 0 Å². The number of aromatic nitrogens is 4. The van der Waals surface area contributed by atoms with Crippen molar-refractivity contribution in [3.05, 3.63) is 65.6 Å². The van der Waals surface area contributed by atoms with Crippen molar-refractivity contribution in [1.29, 1.82) is 0 Å². The molecule has 1 aliphatic carbocycles. The van der Waals surface area contributed by atoms with E-state index in [-0.39, 0.29) is 0 Å². The van der Waals surface area contributed by atoms with Crippen LogP contribution >= 0.6 is 0 Å². The van der Waals surface area contributed by atoms with E-state index in [2.05, 4.69) is 26.0 Å². The summed E-state index contributed by atoms with van der Waals surface area (Å²) in [7, 11) is 0. The van der Waals surface area contributed by atoms with Crippen LogP contribution in [-0.4, -0.2) is 31.6 Å². The van der Waals surface area contributed by atoms with E-state index in [1.807, 2.05) is 38.2 Å². The van der Waals surface area contributed by atoms with Crippen molar-refractivity contribution in [3.63, 3.8) is 0 Å². The van der Waals surface area contributed by atoms with Gasteiger partial charge in [-0.2, -0.15) is 4.98 Å². The molecule has 3 heterocycles. The number of hydrogen-bond acceptors (Lipinski definition) is 6. The topological polar surface area (TPSA) is 81.0 Å². The van der Waals surface area contributed by atoms with Gasteiger partial charge in [-0.15, -0.1) is 0 Å². The van der Waals surface area contributed by atoms with Crippen LogP contribution in [0.25, 0.3) is 11.1 Å². The summed E-state index contributed by atoms with van der Waals surface area (Å²) in [5, 5.41) is 10.2. The van der Waals surface area contributed by atoms with Crippen LogP contribution in [0.2, 0.25) is 0 Å². The summed E-state index contributed by atoms with van der Waals surface area (Å²) in [4.78, 5) is 17.8. The number of hydrogen-bond donors (Lipinski definition) is 1. The molecule has 1 N–H and O–H groups in total. The van der Waals surface area contributed by atoms with E-state index in [1.54, 1.807) is 26.2 Å². The third-order valence-corrected chi connectivity index (χ3v) is 5.33. The van der Waals surface area contributed by atoms with Crippen molar-refractivity contribution < 1.29 is 9.84 Å². The van der Waals surface area contributed by atoms with Gasteiger partial charge in [-0.3, -0.25) is 9.97 Å². The lowest BCUT2D eigenvalue weighted by molar-refractivity contribution is 0.0738. The van der Waals surface area contributed by atoms with Gasteiger partial charge >= 0.3 is 0 Å². The molecule has 4 rings (SSSR count). The van der Waals surface area contributed by atoms with Crippen molar-refractivity contribution in [2.75, 3.05) is 6.61 Å².